The molecule has 0 atom stereocenters. The Morgan fingerprint density at radius 2 is 1.76 bits per heavy atom. The Morgan fingerprint density at radius 3 is 2.24 bits per heavy atom. The quantitative estimate of drug-likeness (QED) is 0.795. The molecule has 0 saturated heterocycles. The van der Waals surface area contributed by atoms with Crippen LogP contribution in [0.2, 0.25) is 0 Å². The van der Waals surface area contributed by atoms with Gasteiger partial charge in [0.25, 0.3) is 0 Å². The van der Waals surface area contributed by atoms with E-state index >= 15 is 0 Å². The molecule has 1 aromatic heterocycles. The van der Waals surface area contributed by atoms with Crippen LogP contribution in [0.1, 0.15) is 49.0 Å². The van der Waals surface area contributed by atoms with Crippen LogP contribution in [0.4, 0.5) is 5.82 Å². The number of aromatic amines is 1. The fourth-order valence-electron chi connectivity index (χ4n) is 5.13. The minimum atomic E-state index is -1.07. The number of nitrogens with one attached hydrogen (secondary N) is 2. The fraction of sp³-hybridized carbons (Fsp3) is 0.667. The molecule has 1 aromatic rings. The number of hydrogen-bond donors (Lipinski definition) is 3. The number of rotatable bonds is 3. The molecule has 4 aliphatic rings. The highest BCUT2D eigenvalue weighted by atomic mass is 16.4. The molecule has 1 heterocycles. The molecule has 6 nitrogen and oxygen atoms in total. The van der Waals surface area contributed by atoms with Gasteiger partial charge in [-0.25, -0.2) is 4.79 Å². The van der Waals surface area contributed by atoms with Crippen molar-refractivity contribution in [1.82, 2.24) is 10.2 Å². The number of aromatic carboxylic acids is 1. The molecule has 4 bridgehead atoms. The number of carboxylic acid groups (broad SMARTS) is 1. The number of nitrogens with zero attached hydrogens (tertiary/aromatic N) is 1. The van der Waals surface area contributed by atoms with Gasteiger partial charge in [-0.2, -0.15) is 5.10 Å². The number of hydrogen-bond acceptors (Lipinski definition) is 3. The molecule has 4 saturated carbocycles. The van der Waals surface area contributed by atoms with Gasteiger partial charge in [0.15, 0.2) is 5.82 Å². The van der Waals surface area contributed by atoms with Gasteiger partial charge in [0, 0.05) is 6.07 Å². The van der Waals surface area contributed by atoms with Gasteiger partial charge in [-0.05, 0) is 56.3 Å². The van der Waals surface area contributed by atoms with E-state index < -0.39 is 5.97 Å². The van der Waals surface area contributed by atoms with Gasteiger partial charge in [-0.1, -0.05) is 0 Å². The molecule has 0 radical (unpaired) electrons. The van der Waals surface area contributed by atoms with Crippen molar-refractivity contribution in [2.24, 2.45) is 23.2 Å². The van der Waals surface area contributed by atoms with Gasteiger partial charge < -0.3 is 10.4 Å². The number of carbonyl (C=O) groups is 2. The van der Waals surface area contributed by atoms with E-state index in [1.807, 2.05) is 0 Å². The highest BCUT2D eigenvalue weighted by Crippen LogP contribution is 2.60. The normalized spacial score (nSPS) is 36.7. The molecule has 112 valence electrons. The van der Waals surface area contributed by atoms with Crippen LogP contribution >= 0.6 is 0 Å². The van der Waals surface area contributed by atoms with E-state index in [-0.39, 0.29) is 17.0 Å². The molecule has 6 heteroatoms. The smallest absolute Gasteiger partial charge is 0.353 e. The summed E-state index contributed by atoms with van der Waals surface area (Å²) in [6.07, 6.45) is 6.83. The Morgan fingerprint density at radius 1 is 1.19 bits per heavy atom. The van der Waals surface area contributed by atoms with Gasteiger partial charge in [0.1, 0.15) is 5.69 Å². The first-order valence-corrected chi connectivity index (χ1v) is 7.64. The molecule has 21 heavy (non-hydrogen) atoms. The van der Waals surface area contributed by atoms with E-state index in [0.717, 1.165) is 19.3 Å². The van der Waals surface area contributed by atoms with Crippen LogP contribution in [-0.2, 0) is 4.79 Å². The maximum absolute atomic E-state index is 12.7. The maximum Gasteiger partial charge on any atom is 0.353 e. The van der Waals surface area contributed by atoms with E-state index in [1.165, 1.54) is 25.3 Å². The number of carbonyl (C=O) groups excluding carboxylic acids is 1. The van der Waals surface area contributed by atoms with E-state index in [9.17, 15) is 9.59 Å². The Labute approximate surface area is 122 Å². The number of amides is 1. The highest BCUT2D eigenvalue weighted by Gasteiger charge is 2.54. The van der Waals surface area contributed by atoms with Gasteiger partial charge in [0.2, 0.25) is 5.91 Å². The minimum absolute atomic E-state index is 0.00388. The van der Waals surface area contributed by atoms with Crippen molar-refractivity contribution >= 4 is 17.7 Å². The number of carboxylic acids is 1. The van der Waals surface area contributed by atoms with Crippen LogP contribution in [0.3, 0.4) is 0 Å². The van der Waals surface area contributed by atoms with Gasteiger partial charge in [-0.15, -0.1) is 0 Å². The largest absolute Gasteiger partial charge is 0.477 e. The Balaban J connectivity index is 1.53. The summed E-state index contributed by atoms with van der Waals surface area (Å²) >= 11 is 0. The summed E-state index contributed by atoms with van der Waals surface area (Å²) in [7, 11) is 0. The number of H-pyrrole nitrogens is 1. The summed E-state index contributed by atoms with van der Waals surface area (Å²) in [6, 6.07) is 1.38. The lowest BCUT2D eigenvalue weighted by atomic mass is 9.49. The Hall–Kier alpha value is -1.85. The summed E-state index contributed by atoms with van der Waals surface area (Å²) in [5.41, 5.74) is -0.243. The fourth-order valence-corrected chi connectivity index (χ4v) is 5.13. The summed E-state index contributed by atoms with van der Waals surface area (Å²) in [4.78, 5) is 23.6. The van der Waals surface area contributed by atoms with Crippen LogP contribution in [0.25, 0.3) is 0 Å². The highest BCUT2D eigenvalue weighted by molar-refractivity contribution is 5.96. The molecule has 3 N–H and O–H groups in total. The number of aromatic nitrogens is 2. The minimum Gasteiger partial charge on any atom is -0.477 e. The van der Waals surface area contributed by atoms with Crippen LogP contribution in [-0.4, -0.2) is 27.2 Å². The zero-order chi connectivity index (χ0) is 14.6. The lowest BCUT2D eigenvalue weighted by Crippen LogP contribution is -2.51. The lowest BCUT2D eigenvalue weighted by molar-refractivity contribution is -0.140. The maximum atomic E-state index is 12.7. The van der Waals surface area contributed by atoms with Crippen LogP contribution < -0.4 is 5.32 Å². The van der Waals surface area contributed by atoms with E-state index in [1.54, 1.807) is 0 Å². The summed E-state index contributed by atoms with van der Waals surface area (Å²) in [5.74, 6) is 1.39. The zero-order valence-electron chi connectivity index (χ0n) is 11.8. The second kappa shape index (κ2) is 4.32. The first-order valence-electron chi connectivity index (χ1n) is 7.64. The molecule has 1 amide bonds. The van der Waals surface area contributed by atoms with Gasteiger partial charge in [-0.3, -0.25) is 9.89 Å². The topological polar surface area (TPSA) is 95.1 Å². The molecular formula is C15H19N3O3. The van der Waals surface area contributed by atoms with E-state index in [2.05, 4.69) is 15.5 Å². The van der Waals surface area contributed by atoms with Crippen molar-refractivity contribution in [2.45, 2.75) is 38.5 Å². The summed E-state index contributed by atoms with van der Waals surface area (Å²) in [6.45, 7) is 0. The molecule has 0 aromatic carbocycles. The SMILES string of the molecule is O=C(O)c1cc(NC(=O)C23CC4CC(CC(C4)C2)C3)n[nH]1. The second-order valence-electron chi connectivity index (χ2n) is 7.12. The molecule has 4 aliphatic carbocycles. The molecule has 0 unspecified atom stereocenters. The van der Waals surface area contributed by atoms with Crippen LogP contribution in [0.15, 0.2) is 6.07 Å². The van der Waals surface area contributed by atoms with Crippen LogP contribution in [0.5, 0.6) is 0 Å². The van der Waals surface area contributed by atoms with Crippen molar-refractivity contribution in [3.05, 3.63) is 11.8 Å². The second-order valence-corrected chi connectivity index (χ2v) is 7.12. The third-order valence-corrected chi connectivity index (χ3v) is 5.57. The summed E-state index contributed by atoms with van der Waals surface area (Å²) in [5, 5.41) is 18.0. The van der Waals surface area contributed by atoms with Crippen molar-refractivity contribution < 1.29 is 14.7 Å². The van der Waals surface area contributed by atoms with Crippen molar-refractivity contribution in [3.8, 4) is 0 Å². The molecule has 0 aliphatic heterocycles. The predicted molar refractivity (Wildman–Crippen MR) is 74.8 cm³/mol. The van der Waals surface area contributed by atoms with Gasteiger partial charge in [0.05, 0.1) is 5.41 Å². The third kappa shape index (κ3) is 2.04. The average Bonchev–Trinajstić information content (AvgIpc) is 2.85. The lowest BCUT2D eigenvalue weighted by Gasteiger charge is -2.55. The van der Waals surface area contributed by atoms with Crippen molar-refractivity contribution in [1.29, 1.82) is 0 Å². The molecule has 5 rings (SSSR count). The Bertz CT molecular complexity index is 572. The zero-order valence-corrected chi connectivity index (χ0v) is 11.8. The molecule has 0 spiro atoms. The first kappa shape index (κ1) is 12.9. The van der Waals surface area contributed by atoms with Gasteiger partial charge >= 0.3 is 5.97 Å². The van der Waals surface area contributed by atoms with Crippen molar-refractivity contribution in [3.63, 3.8) is 0 Å². The molecular weight excluding hydrogens is 270 g/mol. The third-order valence-electron chi connectivity index (χ3n) is 5.57. The Kier molecular flexibility index (Phi) is 2.65. The van der Waals surface area contributed by atoms with E-state index in [4.69, 9.17) is 5.11 Å². The summed E-state index contributed by atoms with van der Waals surface area (Å²) < 4.78 is 0. The first-order chi connectivity index (χ1) is 10.0. The predicted octanol–water partition coefficient (Wildman–Crippen LogP) is 2.26. The standard InChI is InChI=1S/C15H19N3O3/c19-13(20)11-4-12(18-17-11)16-14(21)15-5-8-1-9(6-15)3-10(2-8)7-15/h4,8-10H,1-3,5-7H2,(H,19,20)(H2,16,17,18,21). The molecule has 4 fully saturated rings. The van der Waals surface area contributed by atoms with Crippen molar-refractivity contribution in [2.75, 3.05) is 5.32 Å². The monoisotopic (exact) mass is 289 g/mol. The van der Waals surface area contributed by atoms with E-state index in [0.29, 0.717) is 23.6 Å². The number of anilines is 1. The van der Waals surface area contributed by atoms with Crippen LogP contribution in [0, 0.1) is 23.2 Å². The average molecular weight is 289 g/mol.